The number of rotatable bonds is 7. The minimum Gasteiger partial charge on any atom is -0.458 e. The minimum absolute atomic E-state index is 0.206. The molecule has 0 heterocycles. The maximum absolute atomic E-state index is 11.5. The van der Waals surface area contributed by atoms with Gasteiger partial charge in [0.1, 0.15) is 12.4 Å². The van der Waals surface area contributed by atoms with Crippen molar-refractivity contribution in [2.75, 3.05) is 6.61 Å². The van der Waals surface area contributed by atoms with E-state index in [1.807, 2.05) is 56.3 Å². The Kier molecular flexibility index (Phi) is 9.89. The molecule has 0 aromatic heterocycles. The second-order valence-corrected chi connectivity index (χ2v) is 6.10. The van der Waals surface area contributed by atoms with Gasteiger partial charge in [-0.25, -0.2) is 9.59 Å². The van der Waals surface area contributed by atoms with Crippen LogP contribution in [0.1, 0.15) is 33.3 Å². The van der Waals surface area contributed by atoms with Gasteiger partial charge in [0.15, 0.2) is 0 Å². The summed E-state index contributed by atoms with van der Waals surface area (Å²) in [7, 11) is 0. The van der Waals surface area contributed by atoms with Crippen LogP contribution in [0.25, 0.3) is 17.2 Å². The van der Waals surface area contributed by atoms with Crippen LogP contribution in [0, 0.1) is 0 Å². The van der Waals surface area contributed by atoms with E-state index in [2.05, 4.69) is 13.2 Å². The highest BCUT2D eigenvalue weighted by atomic mass is 16.5. The van der Waals surface area contributed by atoms with Crippen LogP contribution in [0.15, 0.2) is 78.9 Å². The SMILES string of the molecule is C=C(C)C(=O)OC/C=C/c1ccc(-c2ccc(OC(=O)C(=C)C)cc2)cc1.CC. The molecule has 0 bridgehead atoms. The lowest BCUT2D eigenvalue weighted by Gasteiger charge is -2.06. The van der Waals surface area contributed by atoms with Crippen molar-refractivity contribution in [3.63, 3.8) is 0 Å². The van der Waals surface area contributed by atoms with E-state index in [1.165, 1.54) is 0 Å². The Morgan fingerprint density at radius 1 is 0.828 bits per heavy atom. The Bertz CT molecular complexity index is 872. The monoisotopic (exact) mass is 392 g/mol. The van der Waals surface area contributed by atoms with E-state index >= 15 is 0 Å². The van der Waals surface area contributed by atoms with E-state index in [0.717, 1.165) is 16.7 Å². The molecule has 0 saturated carbocycles. The first-order chi connectivity index (χ1) is 13.9. The molecule has 0 spiro atoms. The van der Waals surface area contributed by atoms with Gasteiger partial charge in [0.2, 0.25) is 0 Å². The molecule has 0 amide bonds. The number of carbonyl (C=O) groups is 2. The zero-order chi connectivity index (χ0) is 21.8. The van der Waals surface area contributed by atoms with Gasteiger partial charge in [-0.2, -0.15) is 0 Å². The second-order valence-electron chi connectivity index (χ2n) is 6.10. The molecule has 2 aromatic rings. The maximum Gasteiger partial charge on any atom is 0.338 e. The molecule has 0 unspecified atom stereocenters. The molecule has 0 atom stereocenters. The van der Waals surface area contributed by atoms with E-state index in [-0.39, 0.29) is 6.61 Å². The molecule has 0 radical (unpaired) electrons. The Labute approximate surface area is 173 Å². The summed E-state index contributed by atoms with van der Waals surface area (Å²) in [6.07, 6.45) is 3.66. The number of esters is 2. The highest BCUT2D eigenvalue weighted by Gasteiger charge is 2.05. The lowest BCUT2D eigenvalue weighted by molar-refractivity contribution is -0.137. The molecule has 4 heteroatoms. The van der Waals surface area contributed by atoms with Crippen molar-refractivity contribution in [2.45, 2.75) is 27.7 Å². The van der Waals surface area contributed by atoms with Crippen LogP contribution in [0.4, 0.5) is 0 Å². The van der Waals surface area contributed by atoms with Gasteiger partial charge < -0.3 is 9.47 Å². The lowest BCUT2D eigenvalue weighted by atomic mass is 10.0. The smallest absolute Gasteiger partial charge is 0.338 e. The topological polar surface area (TPSA) is 52.6 Å². The Morgan fingerprint density at radius 3 is 1.79 bits per heavy atom. The zero-order valence-electron chi connectivity index (χ0n) is 17.5. The Balaban J connectivity index is 0.00000204. The summed E-state index contributed by atoms with van der Waals surface area (Å²) < 4.78 is 10.2. The average molecular weight is 392 g/mol. The van der Waals surface area contributed by atoms with Crippen molar-refractivity contribution in [1.82, 2.24) is 0 Å². The maximum atomic E-state index is 11.5. The number of carbonyl (C=O) groups excluding carboxylic acids is 2. The standard InChI is InChI=1S/C23H22O4.C2H6/c1-16(2)22(24)26-15-5-6-18-7-9-19(10-8-18)20-11-13-21(14-12-20)27-23(25)17(3)4;1-2/h5-14H,1,3,15H2,2,4H3;1-2H3/b6-5+;. The molecule has 0 fully saturated rings. The van der Waals surface area contributed by atoms with Crippen molar-refractivity contribution < 1.29 is 19.1 Å². The molecule has 2 rings (SSSR count). The summed E-state index contributed by atoms with van der Waals surface area (Å²) in [6, 6.07) is 15.2. The third-order valence-corrected chi connectivity index (χ3v) is 3.63. The zero-order valence-corrected chi connectivity index (χ0v) is 17.5. The number of hydrogen-bond acceptors (Lipinski definition) is 4. The molecular weight excluding hydrogens is 364 g/mol. The molecule has 4 nitrogen and oxygen atoms in total. The Morgan fingerprint density at radius 2 is 1.31 bits per heavy atom. The highest BCUT2D eigenvalue weighted by molar-refractivity contribution is 5.89. The molecule has 0 saturated heterocycles. The number of benzene rings is 2. The van der Waals surface area contributed by atoms with Gasteiger partial charge in [0.25, 0.3) is 0 Å². The fraction of sp³-hybridized carbons (Fsp3) is 0.200. The molecule has 0 N–H and O–H groups in total. The van der Waals surface area contributed by atoms with Crippen molar-refractivity contribution in [3.05, 3.63) is 84.5 Å². The first-order valence-corrected chi connectivity index (χ1v) is 9.44. The molecule has 0 aliphatic carbocycles. The van der Waals surface area contributed by atoms with Crippen molar-refractivity contribution in [3.8, 4) is 16.9 Å². The third-order valence-electron chi connectivity index (χ3n) is 3.63. The van der Waals surface area contributed by atoms with Gasteiger partial charge in [-0.05, 0) is 48.7 Å². The van der Waals surface area contributed by atoms with Crippen LogP contribution >= 0.6 is 0 Å². The quantitative estimate of drug-likeness (QED) is 0.330. The summed E-state index contributed by atoms with van der Waals surface area (Å²) in [5, 5.41) is 0. The van der Waals surface area contributed by atoms with Gasteiger partial charge >= 0.3 is 11.9 Å². The Hall–Kier alpha value is -3.40. The number of hydrogen-bond donors (Lipinski definition) is 0. The van der Waals surface area contributed by atoms with Crippen molar-refractivity contribution in [2.24, 2.45) is 0 Å². The van der Waals surface area contributed by atoms with Crippen LogP contribution in [-0.4, -0.2) is 18.5 Å². The first-order valence-electron chi connectivity index (χ1n) is 9.44. The van der Waals surface area contributed by atoms with Crippen LogP contribution in [0.3, 0.4) is 0 Å². The van der Waals surface area contributed by atoms with Gasteiger partial charge in [-0.15, -0.1) is 0 Å². The van der Waals surface area contributed by atoms with E-state index in [9.17, 15) is 9.59 Å². The molecule has 0 aliphatic heterocycles. The van der Waals surface area contributed by atoms with Gasteiger partial charge in [-0.1, -0.05) is 69.5 Å². The molecular formula is C25H28O4. The van der Waals surface area contributed by atoms with E-state index < -0.39 is 11.9 Å². The summed E-state index contributed by atoms with van der Waals surface area (Å²) in [5.74, 6) is -0.351. The fourth-order valence-electron chi connectivity index (χ4n) is 2.13. The summed E-state index contributed by atoms with van der Waals surface area (Å²) >= 11 is 0. The predicted octanol–water partition coefficient (Wildman–Crippen LogP) is 5.99. The second kappa shape index (κ2) is 12.1. The molecule has 0 aliphatic rings. The number of ether oxygens (including phenoxy) is 2. The lowest BCUT2D eigenvalue weighted by Crippen LogP contribution is -2.07. The van der Waals surface area contributed by atoms with Crippen LogP contribution in [0.5, 0.6) is 5.75 Å². The van der Waals surface area contributed by atoms with Gasteiger partial charge in [-0.3, -0.25) is 0 Å². The largest absolute Gasteiger partial charge is 0.458 e. The van der Waals surface area contributed by atoms with E-state index in [0.29, 0.717) is 16.9 Å². The van der Waals surface area contributed by atoms with E-state index in [1.54, 1.807) is 32.1 Å². The third kappa shape index (κ3) is 8.01. The van der Waals surface area contributed by atoms with Crippen LogP contribution in [-0.2, 0) is 14.3 Å². The summed E-state index contributed by atoms with van der Waals surface area (Å²) in [4.78, 5) is 22.8. The normalized spacial score (nSPS) is 9.93. The fourth-order valence-corrected chi connectivity index (χ4v) is 2.13. The molecule has 2 aromatic carbocycles. The van der Waals surface area contributed by atoms with Crippen LogP contribution in [0.2, 0.25) is 0 Å². The van der Waals surface area contributed by atoms with Crippen molar-refractivity contribution in [1.29, 1.82) is 0 Å². The van der Waals surface area contributed by atoms with Gasteiger partial charge in [0, 0.05) is 11.1 Å². The highest BCUT2D eigenvalue weighted by Crippen LogP contribution is 2.23. The van der Waals surface area contributed by atoms with Crippen LogP contribution < -0.4 is 4.74 Å². The first kappa shape index (κ1) is 23.6. The predicted molar refractivity (Wildman–Crippen MR) is 118 cm³/mol. The molecule has 152 valence electrons. The average Bonchev–Trinajstić information content (AvgIpc) is 2.73. The van der Waals surface area contributed by atoms with E-state index in [4.69, 9.17) is 9.47 Å². The summed E-state index contributed by atoms with van der Waals surface area (Å²) in [5.41, 5.74) is 3.79. The summed E-state index contributed by atoms with van der Waals surface area (Å²) in [6.45, 7) is 14.5. The molecule has 29 heavy (non-hydrogen) atoms. The van der Waals surface area contributed by atoms with Gasteiger partial charge in [0.05, 0.1) is 0 Å². The minimum atomic E-state index is -0.437. The van der Waals surface area contributed by atoms with Crippen molar-refractivity contribution >= 4 is 18.0 Å².